The fraction of sp³-hybridized carbons (Fsp3) is 0.900. The number of amides is 1. The molecule has 6 heteroatoms. The molecule has 6 nitrogen and oxygen atoms in total. The Hall–Kier alpha value is -1.66. The van der Waals surface area contributed by atoms with E-state index in [1.54, 1.807) is 0 Å². The van der Waals surface area contributed by atoms with Gasteiger partial charge < -0.3 is 20.3 Å². The van der Waals surface area contributed by atoms with Gasteiger partial charge in [-0.15, -0.1) is 0 Å². The third-order valence-electron chi connectivity index (χ3n) is 13.8. The molecule has 0 fully saturated rings. The van der Waals surface area contributed by atoms with E-state index < -0.39 is 12.1 Å². The van der Waals surface area contributed by atoms with Gasteiger partial charge in [-0.05, 0) is 57.8 Å². The Bertz CT molecular complexity index is 1030. The molecular formula is C60H115NO5. The maximum atomic E-state index is 12.5. The number of allylic oxidation sites excluding steroid dienone is 4. The Morgan fingerprint density at radius 3 is 1.18 bits per heavy atom. The van der Waals surface area contributed by atoms with Crippen molar-refractivity contribution in [1.82, 2.24) is 5.32 Å². The number of unbranched alkanes of at least 4 members (excludes halogenated alkanes) is 40. The van der Waals surface area contributed by atoms with E-state index in [0.717, 1.165) is 51.4 Å². The number of hydrogen-bond donors (Lipinski definition) is 3. The van der Waals surface area contributed by atoms with Crippen molar-refractivity contribution in [1.29, 1.82) is 0 Å². The van der Waals surface area contributed by atoms with Crippen molar-refractivity contribution in [3.63, 3.8) is 0 Å². The molecule has 0 saturated carbocycles. The lowest BCUT2D eigenvalue weighted by Crippen LogP contribution is -2.45. The highest BCUT2D eigenvalue weighted by Gasteiger charge is 2.20. The molecule has 0 rings (SSSR count). The second kappa shape index (κ2) is 55.9. The van der Waals surface area contributed by atoms with Gasteiger partial charge in [0.15, 0.2) is 0 Å². The Kier molecular flexibility index (Phi) is 54.5. The fourth-order valence-corrected chi connectivity index (χ4v) is 9.20. The maximum absolute atomic E-state index is 12.5. The quantitative estimate of drug-likeness (QED) is 0.0321. The number of rotatable bonds is 55. The van der Waals surface area contributed by atoms with Crippen LogP contribution in [-0.2, 0) is 14.3 Å². The van der Waals surface area contributed by atoms with E-state index in [1.165, 1.54) is 238 Å². The lowest BCUT2D eigenvalue weighted by molar-refractivity contribution is -0.143. The van der Waals surface area contributed by atoms with Crippen LogP contribution in [0.25, 0.3) is 0 Å². The van der Waals surface area contributed by atoms with E-state index in [0.29, 0.717) is 25.9 Å². The van der Waals surface area contributed by atoms with Gasteiger partial charge in [-0.25, -0.2) is 0 Å². The SMILES string of the molecule is CCCCC/C=C\C/C=C\CCCCCCCC(=O)OCCCCCCCCCCCCCCCCCCCC(=O)NC(CO)C(O)CCCCCCCCCCCCCCCCCCC. The van der Waals surface area contributed by atoms with Gasteiger partial charge in [0, 0.05) is 12.8 Å². The van der Waals surface area contributed by atoms with Crippen LogP contribution in [0.15, 0.2) is 24.3 Å². The number of aliphatic hydroxyl groups is 2. The highest BCUT2D eigenvalue weighted by Crippen LogP contribution is 2.17. The molecule has 2 unspecified atom stereocenters. The molecule has 0 spiro atoms. The molecule has 0 aliphatic heterocycles. The molecule has 0 aromatic rings. The zero-order valence-corrected chi connectivity index (χ0v) is 44.4. The van der Waals surface area contributed by atoms with E-state index in [-0.39, 0.29) is 18.5 Å². The highest BCUT2D eigenvalue weighted by atomic mass is 16.5. The van der Waals surface area contributed by atoms with E-state index in [2.05, 4.69) is 43.5 Å². The van der Waals surface area contributed by atoms with Crippen LogP contribution in [0, 0.1) is 0 Å². The van der Waals surface area contributed by atoms with Crippen molar-refractivity contribution in [2.24, 2.45) is 0 Å². The summed E-state index contributed by atoms with van der Waals surface area (Å²) in [6, 6.07) is -0.546. The summed E-state index contributed by atoms with van der Waals surface area (Å²) in [6.45, 7) is 4.93. The van der Waals surface area contributed by atoms with Gasteiger partial charge in [0.2, 0.25) is 5.91 Å². The van der Waals surface area contributed by atoms with Crippen LogP contribution < -0.4 is 5.32 Å². The van der Waals surface area contributed by atoms with Gasteiger partial charge in [0.05, 0.1) is 25.4 Å². The number of carbonyl (C=O) groups is 2. The summed E-state index contributed by atoms with van der Waals surface area (Å²) >= 11 is 0. The Labute approximate surface area is 411 Å². The summed E-state index contributed by atoms with van der Waals surface area (Å²) in [5.74, 6) is -0.0467. The average molecular weight is 931 g/mol. The molecule has 66 heavy (non-hydrogen) atoms. The monoisotopic (exact) mass is 930 g/mol. The number of aliphatic hydroxyl groups excluding tert-OH is 2. The van der Waals surface area contributed by atoms with Crippen molar-refractivity contribution in [2.75, 3.05) is 13.2 Å². The summed E-state index contributed by atoms with van der Waals surface area (Å²) in [4.78, 5) is 24.5. The van der Waals surface area contributed by atoms with Crippen molar-refractivity contribution in [2.45, 2.75) is 334 Å². The summed E-state index contributed by atoms with van der Waals surface area (Å²) in [5.41, 5.74) is 0. The Balaban J connectivity index is 3.42. The zero-order valence-electron chi connectivity index (χ0n) is 44.4. The number of carbonyl (C=O) groups excluding carboxylic acids is 2. The number of hydrogen-bond acceptors (Lipinski definition) is 5. The second-order valence-corrected chi connectivity index (χ2v) is 20.3. The lowest BCUT2D eigenvalue weighted by atomic mass is 10.0. The van der Waals surface area contributed by atoms with Crippen LogP contribution in [0.1, 0.15) is 322 Å². The molecule has 390 valence electrons. The van der Waals surface area contributed by atoms with Crippen LogP contribution >= 0.6 is 0 Å². The first kappa shape index (κ1) is 64.3. The first-order valence-electron chi connectivity index (χ1n) is 29.6. The molecule has 0 aliphatic rings. The summed E-state index contributed by atoms with van der Waals surface area (Å²) in [5, 5.41) is 23.3. The van der Waals surface area contributed by atoms with Gasteiger partial charge in [-0.3, -0.25) is 9.59 Å². The van der Waals surface area contributed by atoms with Crippen LogP contribution in [-0.4, -0.2) is 47.4 Å². The minimum absolute atomic E-state index is 0.00816. The fourth-order valence-electron chi connectivity index (χ4n) is 9.20. The first-order valence-corrected chi connectivity index (χ1v) is 29.6. The number of esters is 1. The van der Waals surface area contributed by atoms with Gasteiger partial charge in [-0.2, -0.15) is 0 Å². The summed E-state index contributed by atoms with van der Waals surface area (Å²) < 4.78 is 5.47. The minimum Gasteiger partial charge on any atom is -0.466 e. The number of ether oxygens (including phenoxy) is 1. The minimum atomic E-state index is -0.668. The molecule has 0 radical (unpaired) electrons. The molecule has 3 N–H and O–H groups in total. The largest absolute Gasteiger partial charge is 0.466 e. The molecule has 1 amide bonds. The van der Waals surface area contributed by atoms with Gasteiger partial charge >= 0.3 is 5.97 Å². The average Bonchev–Trinajstić information content (AvgIpc) is 3.32. The zero-order chi connectivity index (χ0) is 47.9. The maximum Gasteiger partial charge on any atom is 0.305 e. The van der Waals surface area contributed by atoms with Gasteiger partial charge in [0.25, 0.3) is 0 Å². The molecule has 0 heterocycles. The third-order valence-corrected chi connectivity index (χ3v) is 13.8. The molecular weight excluding hydrogens is 815 g/mol. The Morgan fingerprint density at radius 2 is 0.758 bits per heavy atom. The molecule has 0 aliphatic carbocycles. The van der Waals surface area contributed by atoms with Gasteiger partial charge in [0.1, 0.15) is 0 Å². The third kappa shape index (κ3) is 51.7. The second-order valence-electron chi connectivity index (χ2n) is 20.3. The molecule has 0 bridgehead atoms. The molecule has 0 saturated heterocycles. The lowest BCUT2D eigenvalue weighted by Gasteiger charge is -2.22. The predicted octanol–water partition coefficient (Wildman–Crippen LogP) is 18.2. The van der Waals surface area contributed by atoms with E-state index in [1.807, 2.05) is 0 Å². The Morgan fingerprint density at radius 1 is 0.424 bits per heavy atom. The van der Waals surface area contributed by atoms with Crippen LogP contribution in [0.5, 0.6) is 0 Å². The van der Waals surface area contributed by atoms with Crippen molar-refractivity contribution >= 4 is 11.9 Å². The standard InChI is InChI=1S/C60H115NO5/c1-3-5-7-9-11-13-15-17-19-21-25-28-32-36-40-44-48-52-58(63)57(56-62)61-59(64)53-49-45-41-37-33-29-26-22-20-23-27-31-35-39-43-47-51-55-66-60(65)54-50-46-42-38-34-30-24-18-16-14-12-10-8-6-4-2/h12,14,18,24,57-58,62-63H,3-11,13,15-17,19-23,25-56H2,1-2H3,(H,61,64)/b14-12-,24-18-. The number of nitrogens with one attached hydrogen (secondary N) is 1. The molecule has 2 atom stereocenters. The summed E-state index contributed by atoms with van der Waals surface area (Å²) in [6.07, 6.45) is 67.3. The predicted molar refractivity (Wildman–Crippen MR) is 287 cm³/mol. The van der Waals surface area contributed by atoms with Crippen molar-refractivity contribution < 1.29 is 24.5 Å². The van der Waals surface area contributed by atoms with Crippen LogP contribution in [0.2, 0.25) is 0 Å². The normalized spacial score (nSPS) is 12.7. The van der Waals surface area contributed by atoms with Crippen LogP contribution in [0.3, 0.4) is 0 Å². The molecule has 0 aromatic heterocycles. The first-order chi connectivity index (χ1) is 32.5. The van der Waals surface area contributed by atoms with Crippen molar-refractivity contribution in [3.05, 3.63) is 24.3 Å². The van der Waals surface area contributed by atoms with Crippen LogP contribution in [0.4, 0.5) is 0 Å². The van der Waals surface area contributed by atoms with E-state index in [9.17, 15) is 19.8 Å². The smallest absolute Gasteiger partial charge is 0.305 e. The summed E-state index contributed by atoms with van der Waals surface area (Å²) in [7, 11) is 0. The van der Waals surface area contributed by atoms with E-state index >= 15 is 0 Å². The topological polar surface area (TPSA) is 95.9 Å². The van der Waals surface area contributed by atoms with Crippen molar-refractivity contribution in [3.8, 4) is 0 Å². The molecule has 0 aromatic carbocycles. The highest BCUT2D eigenvalue weighted by molar-refractivity contribution is 5.76. The van der Waals surface area contributed by atoms with E-state index in [4.69, 9.17) is 4.74 Å². The van der Waals surface area contributed by atoms with Gasteiger partial charge in [-0.1, -0.05) is 276 Å².